The van der Waals surface area contributed by atoms with Crippen LogP contribution in [0.4, 0.5) is 4.79 Å². The molecule has 2 N–H and O–H groups in total. The number of amides is 1. The molecular formula is C27H35NO4. The Hall–Kier alpha value is -2.82. The Morgan fingerprint density at radius 1 is 0.906 bits per heavy atom. The number of unbranched alkanes of at least 4 members (excludes halogenated alkanes) is 4. The van der Waals surface area contributed by atoms with Crippen LogP contribution in [0, 0.1) is 0 Å². The highest BCUT2D eigenvalue weighted by Gasteiger charge is 2.29. The summed E-state index contributed by atoms with van der Waals surface area (Å²) < 4.78 is 5.70. The Kier molecular flexibility index (Phi) is 9.14. The first kappa shape index (κ1) is 23.8. The number of ether oxygens (including phenoxy) is 1. The lowest BCUT2D eigenvalue weighted by molar-refractivity contribution is -0.137. The number of carbonyl (C=O) groups excluding carboxylic acids is 1. The number of carbonyl (C=O) groups is 2. The molecule has 0 aliphatic heterocycles. The van der Waals surface area contributed by atoms with Gasteiger partial charge in [0.15, 0.2) is 0 Å². The van der Waals surface area contributed by atoms with Gasteiger partial charge in [-0.1, -0.05) is 87.6 Å². The van der Waals surface area contributed by atoms with Crippen LogP contribution < -0.4 is 5.32 Å². The van der Waals surface area contributed by atoms with Gasteiger partial charge >= 0.3 is 12.1 Å². The Labute approximate surface area is 191 Å². The van der Waals surface area contributed by atoms with Crippen molar-refractivity contribution in [1.29, 1.82) is 0 Å². The zero-order valence-corrected chi connectivity index (χ0v) is 19.0. The highest BCUT2D eigenvalue weighted by molar-refractivity contribution is 5.79. The zero-order chi connectivity index (χ0) is 22.8. The van der Waals surface area contributed by atoms with Crippen molar-refractivity contribution in [3.63, 3.8) is 0 Å². The molecule has 2 aromatic rings. The summed E-state index contributed by atoms with van der Waals surface area (Å²) in [7, 11) is 0. The number of carboxylic acids is 1. The van der Waals surface area contributed by atoms with Crippen molar-refractivity contribution in [3.05, 3.63) is 59.7 Å². The molecular weight excluding hydrogens is 402 g/mol. The Bertz CT molecular complexity index is 849. The lowest BCUT2D eigenvalue weighted by Gasteiger charge is -2.20. The molecule has 0 bridgehead atoms. The molecule has 2 aromatic carbocycles. The maximum absolute atomic E-state index is 12.6. The molecule has 172 valence electrons. The summed E-state index contributed by atoms with van der Waals surface area (Å²) in [5.41, 5.74) is 4.83. The van der Waals surface area contributed by atoms with Crippen LogP contribution in [0.3, 0.4) is 0 Å². The van der Waals surface area contributed by atoms with Gasteiger partial charge in [-0.05, 0) is 41.5 Å². The summed E-state index contributed by atoms with van der Waals surface area (Å²) in [6.07, 6.45) is 7.45. The lowest BCUT2D eigenvalue weighted by Crippen LogP contribution is -2.36. The SMILES string of the molecule is CCCCCCC(CCCCC(=O)O)NC(=O)OCC1c2ccccc2-c2ccccc21. The Morgan fingerprint density at radius 3 is 2.09 bits per heavy atom. The molecule has 1 atom stereocenters. The van der Waals surface area contributed by atoms with E-state index in [0.717, 1.165) is 32.1 Å². The molecule has 0 fully saturated rings. The largest absolute Gasteiger partial charge is 0.481 e. The van der Waals surface area contributed by atoms with Crippen LogP contribution in [0.2, 0.25) is 0 Å². The number of carboxylic acid groups (broad SMARTS) is 1. The van der Waals surface area contributed by atoms with Crippen molar-refractivity contribution in [2.45, 2.75) is 76.7 Å². The summed E-state index contributed by atoms with van der Waals surface area (Å²) >= 11 is 0. The number of benzene rings is 2. The number of fused-ring (bicyclic) bond motifs is 3. The van der Waals surface area contributed by atoms with E-state index >= 15 is 0 Å². The van der Waals surface area contributed by atoms with Gasteiger partial charge < -0.3 is 15.2 Å². The molecule has 0 saturated heterocycles. The minimum Gasteiger partial charge on any atom is -0.481 e. The van der Waals surface area contributed by atoms with Gasteiger partial charge in [0.2, 0.25) is 0 Å². The van der Waals surface area contributed by atoms with Crippen LogP contribution in [0.25, 0.3) is 11.1 Å². The number of aliphatic carboxylic acids is 1. The standard InChI is InChI=1S/C27H35NO4/c1-2-3-4-5-12-20(13-6-11-18-26(29)30)28-27(31)32-19-25-23-16-9-7-14-21(23)22-15-8-10-17-24(22)25/h7-10,14-17,20,25H,2-6,11-13,18-19H2,1H3,(H,28,31)(H,29,30). The van der Waals surface area contributed by atoms with E-state index in [1.54, 1.807) is 0 Å². The molecule has 0 aromatic heterocycles. The molecule has 3 rings (SSSR count). The van der Waals surface area contributed by atoms with Gasteiger partial charge in [-0.2, -0.15) is 0 Å². The van der Waals surface area contributed by atoms with E-state index in [-0.39, 0.29) is 24.5 Å². The maximum atomic E-state index is 12.6. The predicted molar refractivity (Wildman–Crippen MR) is 127 cm³/mol. The summed E-state index contributed by atoms with van der Waals surface area (Å²) in [6.45, 7) is 2.49. The minimum absolute atomic E-state index is 0.0244. The molecule has 5 heteroatoms. The molecule has 1 aliphatic rings. The first-order valence-electron chi connectivity index (χ1n) is 11.9. The van der Waals surface area contributed by atoms with Crippen molar-refractivity contribution in [3.8, 4) is 11.1 Å². The number of nitrogens with one attached hydrogen (secondary N) is 1. The molecule has 1 aliphatic carbocycles. The second kappa shape index (κ2) is 12.3. The smallest absolute Gasteiger partial charge is 0.407 e. The quantitative estimate of drug-likeness (QED) is 0.350. The summed E-state index contributed by atoms with van der Waals surface area (Å²) in [6, 6.07) is 16.6. The zero-order valence-electron chi connectivity index (χ0n) is 19.0. The van der Waals surface area contributed by atoms with Crippen LogP contribution in [-0.4, -0.2) is 29.8 Å². The third kappa shape index (κ3) is 6.59. The van der Waals surface area contributed by atoms with Gasteiger partial charge in [-0.25, -0.2) is 4.79 Å². The molecule has 1 unspecified atom stereocenters. The lowest BCUT2D eigenvalue weighted by atomic mass is 9.98. The number of hydrogen-bond donors (Lipinski definition) is 2. The second-order valence-electron chi connectivity index (χ2n) is 8.66. The molecule has 5 nitrogen and oxygen atoms in total. The van der Waals surface area contributed by atoms with Gasteiger partial charge in [0.05, 0.1) is 0 Å². The average Bonchev–Trinajstić information content (AvgIpc) is 3.11. The van der Waals surface area contributed by atoms with Crippen LogP contribution >= 0.6 is 0 Å². The fraction of sp³-hybridized carbons (Fsp3) is 0.481. The fourth-order valence-corrected chi connectivity index (χ4v) is 4.58. The Balaban J connectivity index is 1.55. The molecule has 0 saturated carbocycles. The van der Waals surface area contributed by atoms with E-state index in [4.69, 9.17) is 9.84 Å². The molecule has 0 radical (unpaired) electrons. The molecule has 1 amide bonds. The normalized spacial score (nSPS) is 13.3. The first-order chi connectivity index (χ1) is 15.6. The highest BCUT2D eigenvalue weighted by atomic mass is 16.5. The fourth-order valence-electron chi connectivity index (χ4n) is 4.58. The number of alkyl carbamates (subject to hydrolysis) is 1. The highest BCUT2D eigenvalue weighted by Crippen LogP contribution is 2.44. The molecule has 0 heterocycles. The van der Waals surface area contributed by atoms with Gasteiger partial charge in [0.1, 0.15) is 6.61 Å². The van der Waals surface area contributed by atoms with Crippen molar-refractivity contribution < 1.29 is 19.4 Å². The monoisotopic (exact) mass is 437 g/mol. The topological polar surface area (TPSA) is 75.6 Å². The Morgan fingerprint density at radius 2 is 1.50 bits per heavy atom. The second-order valence-corrected chi connectivity index (χ2v) is 8.66. The third-order valence-corrected chi connectivity index (χ3v) is 6.27. The first-order valence-corrected chi connectivity index (χ1v) is 11.9. The van der Waals surface area contributed by atoms with Crippen molar-refractivity contribution in [1.82, 2.24) is 5.32 Å². The summed E-state index contributed by atoms with van der Waals surface area (Å²) in [4.78, 5) is 23.4. The maximum Gasteiger partial charge on any atom is 0.407 e. The minimum atomic E-state index is -0.769. The van der Waals surface area contributed by atoms with E-state index in [9.17, 15) is 9.59 Å². The predicted octanol–water partition coefficient (Wildman–Crippen LogP) is 6.51. The van der Waals surface area contributed by atoms with Crippen molar-refractivity contribution >= 4 is 12.1 Å². The van der Waals surface area contributed by atoms with Crippen molar-refractivity contribution in [2.24, 2.45) is 0 Å². The van der Waals surface area contributed by atoms with Crippen LogP contribution in [-0.2, 0) is 9.53 Å². The van der Waals surface area contributed by atoms with E-state index in [1.165, 1.54) is 35.1 Å². The van der Waals surface area contributed by atoms with Gasteiger partial charge in [0.25, 0.3) is 0 Å². The average molecular weight is 438 g/mol. The summed E-state index contributed by atoms with van der Waals surface area (Å²) in [5.74, 6) is -0.722. The van der Waals surface area contributed by atoms with Gasteiger partial charge in [-0.15, -0.1) is 0 Å². The van der Waals surface area contributed by atoms with Crippen molar-refractivity contribution in [2.75, 3.05) is 6.61 Å². The van der Waals surface area contributed by atoms with Gasteiger partial charge in [0, 0.05) is 18.4 Å². The van der Waals surface area contributed by atoms with E-state index in [2.05, 4.69) is 36.5 Å². The van der Waals surface area contributed by atoms with Gasteiger partial charge in [-0.3, -0.25) is 4.79 Å². The molecule has 32 heavy (non-hydrogen) atoms. The third-order valence-electron chi connectivity index (χ3n) is 6.27. The summed E-state index contributed by atoms with van der Waals surface area (Å²) in [5, 5.41) is 11.9. The van der Waals surface area contributed by atoms with E-state index in [1.807, 2.05) is 24.3 Å². The van der Waals surface area contributed by atoms with Crippen LogP contribution in [0.15, 0.2) is 48.5 Å². The number of hydrogen-bond acceptors (Lipinski definition) is 3. The van der Waals surface area contributed by atoms with Crippen LogP contribution in [0.5, 0.6) is 0 Å². The molecule has 0 spiro atoms. The number of rotatable bonds is 13. The van der Waals surface area contributed by atoms with Crippen LogP contribution in [0.1, 0.15) is 81.8 Å². The van der Waals surface area contributed by atoms with E-state index in [0.29, 0.717) is 13.0 Å². The van der Waals surface area contributed by atoms with E-state index < -0.39 is 5.97 Å².